The molecular weight excluding hydrogens is 390 g/mol. The number of hydrogen-bond donors (Lipinski definition) is 2. The van der Waals surface area contributed by atoms with E-state index in [1.807, 2.05) is 24.3 Å². The fourth-order valence-corrected chi connectivity index (χ4v) is 4.19. The van der Waals surface area contributed by atoms with Gasteiger partial charge in [0.1, 0.15) is 0 Å². The molecule has 0 aromatic heterocycles. The van der Waals surface area contributed by atoms with Crippen molar-refractivity contribution in [2.45, 2.75) is 19.0 Å². The summed E-state index contributed by atoms with van der Waals surface area (Å²) in [6, 6.07) is 14.5. The number of rotatable bonds is 4. The third-order valence-electron chi connectivity index (χ3n) is 5.37. The van der Waals surface area contributed by atoms with Gasteiger partial charge in [0.25, 0.3) is 0 Å². The molecule has 1 atom stereocenters. The lowest BCUT2D eigenvalue weighted by atomic mass is 9.94. The Hall–Kier alpha value is -2.83. The molecule has 150 valence electrons. The van der Waals surface area contributed by atoms with E-state index in [-0.39, 0.29) is 6.03 Å². The van der Waals surface area contributed by atoms with Crippen LogP contribution in [0.15, 0.2) is 59.8 Å². The molecule has 2 aliphatic heterocycles. The molecule has 0 aliphatic carbocycles. The van der Waals surface area contributed by atoms with Crippen LogP contribution in [0.5, 0.6) is 0 Å². The van der Waals surface area contributed by atoms with Crippen molar-refractivity contribution in [3.8, 4) is 0 Å². The fourth-order valence-electron chi connectivity index (χ4n) is 3.95. The van der Waals surface area contributed by atoms with Gasteiger partial charge < -0.3 is 15.4 Å². The molecule has 0 saturated carbocycles. The Morgan fingerprint density at radius 2 is 1.90 bits per heavy atom. The Bertz CT molecular complexity index is 989. The van der Waals surface area contributed by atoms with E-state index >= 15 is 0 Å². The summed E-state index contributed by atoms with van der Waals surface area (Å²) in [4.78, 5) is 27.3. The average Bonchev–Trinajstić information content (AvgIpc) is 2.73. The van der Waals surface area contributed by atoms with Crippen LogP contribution in [-0.2, 0) is 22.5 Å². The van der Waals surface area contributed by atoms with Crippen molar-refractivity contribution < 1.29 is 14.3 Å². The molecule has 2 amide bonds. The summed E-state index contributed by atoms with van der Waals surface area (Å²) in [5.74, 6) is -0.491. The zero-order chi connectivity index (χ0) is 20.4. The standard InChI is InChI=1S/C22H22ClN3O3/c1-29-21(27)19-18(13-26-11-10-14-6-2-3-7-15(14)12-26)24-22(28)25-20(19)16-8-4-5-9-17(16)23/h2-9,20H,10-13H2,1H3,(H2,24,25,28)/t20-/m1/s1. The van der Waals surface area contributed by atoms with Crippen molar-refractivity contribution in [2.24, 2.45) is 0 Å². The van der Waals surface area contributed by atoms with Gasteiger partial charge >= 0.3 is 12.0 Å². The second-order valence-corrected chi connectivity index (χ2v) is 7.57. The number of nitrogens with one attached hydrogen (secondary N) is 2. The van der Waals surface area contributed by atoms with E-state index in [2.05, 4.69) is 27.7 Å². The summed E-state index contributed by atoms with van der Waals surface area (Å²) in [6.45, 7) is 2.04. The quantitative estimate of drug-likeness (QED) is 0.758. The number of fused-ring (bicyclic) bond motifs is 1. The predicted molar refractivity (Wildman–Crippen MR) is 110 cm³/mol. The number of amides is 2. The summed E-state index contributed by atoms with van der Waals surface area (Å²) in [5, 5.41) is 6.11. The minimum atomic E-state index is -0.669. The van der Waals surface area contributed by atoms with Crippen LogP contribution in [0.1, 0.15) is 22.7 Å². The molecule has 0 bridgehead atoms. The lowest BCUT2D eigenvalue weighted by Crippen LogP contribution is -2.49. The number of hydrogen-bond acceptors (Lipinski definition) is 4. The third-order valence-corrected chi connectivity index (χ3v) is 5.71. The minimum Gasteiger partial charge on any atom is -0.466 e. The monoisotopic (exact) mass is 411 g/mol. The molecule has 7 heteroatoms. The Kier molecular flexibility index (Phi) is 5.56. The van der Waals surface area contributed by atoms with Crippen LogP contribution in [0.25, 0.3) is 0 Å². The van der Waals surface area contributed by atoms with Crippen molar-refractivity contribution in [1.82, 2.24) is 15.5 Å². The smallest absolute Gasteiger partial charge is 0.338 e. The van der Waals surface area contributed by atoms with E-state index in [0.717, 1.165) is 19.5 Å². The topological polar surface area (TPSA) is 70.7 Å². The predicted octanol–water partition coefficient (Wildman–Crippen LogP) is 3.18. The van der Waals surface area contributed by atoms with E-state index in [1.165, 1.54) is 18.2 Å². The molecule has 0 saturated heterocycles. The number of carbonyl (C=O) groups excluding carboxylic acids is 2. The molecular formula is C22H22ClN3O3. The van der Waals surface area contributed by atoms with Crippen molar-refractivity contribution in [3.05, 3.63) is 81.5 Å². The van der Waals surface area contributed by atoms with Gasteiger partial charge in [0, 0.05) is 30.4 Å². The lowest BCUT2D eigenvalue weighted by molar-refractivity contribution is -0.136. The van der Waals surface area contributed by atoms with Crippen molar-refractivity contribution in [2.75, 3.05) is 20.2 Å². The van der Waals surface area contributed by atoms with Gasteiger partial charge in [-0.25, -0.2) is 9.59 Å². The highest BCUT2D eigenvalue weighted by Crippen LogP contribution is 2.32. The van der Waals surface area contributed by atoms with Gasteiger partial charge in [0.15, 0.2) is 0 Å². The number of nitrogens with zero attached hydrogens (tertiary/aromatic N) is 1. The number of ether oxygens (including phenoxy) is 1. The maximum Gasteiger partial charge on any atom is 0.338 e. The number of esters is 1. The first-order valence-corrected chi connectivity index (χ1v) is 9.87. The van der Waals surface area contributed by atoms with Crippen LogP contribution in [0.2, 0.25) is 5.02 Å². The zero-order valence-corrected chi connectivity index (χ0v) is 16.8. The Balaban J connectivity index is 1.69. The molecule has 0 spiro atoms. The summed E-state index contributed by atoms with van der Waals surface area (Å²) in [5.41, 5.74) is 4.19. The molecule has 2 aliphatic rings. The Morgan fingerprint density at radius 3 is 2.66 bits per heavy atom. The Morgan fingerprint density at radius 1 is 1.17 bits per heavy atom. The van der Waals surface area contributed by atoms with Crippen LogP contribution >= 0.6 is 11.6 Å². The first kappa shape index (κ1) is 19.5. The zero-order valence-electron chi connectivity index (χ0n) is 16.1. The summed E-state index contributed by atoms with van der Waals surface area (Å²) in [6.07, 6.45) is 0.928. The molecule has 4 rings (SSSR count). The molecule has 2 N–H and O–H groups in total. The van der Waals surface area contributed by atoms with Gasteiger partial charge in [-0.05, 0) is 29.2 Å². The number of carbonyl (C=O) groups is 2. The van der Waals surface area contributed by atoms with Crippen molar-refractivity contribution in [3.63, 3.8) is 0 Å². The average molecular weight is 412 g/mol. The molecule has 2 aromatic carbocycles. The molecule has 6 nitrogen and oxygen atoms in total. The van der Waals surface area contributed by atoms with Crippen LogP contribution < -0.4 is 10.6 Å². The first-order chi connectivity index (χ1) is 14.1. The van der Waals surface area contributed by atoms with E-state index < -0.39 is 12.0 Å². The summed E-state index contributed by atoms with van der Waals surface area (Å²) < 4.78 is 5.04. The van der Waals surface area contributed by atoms with Crippen molar-refractivity contribution in [1.29, 1.82) is 0 Å². The van der Waals surface area contributed by atoms with Crippen LogP contribution in [0.3, 0.4) is 0 Å². The van der Waals surface area contributed by atoms with Gasteiger partial charge in [-0.1, -0.05) is 54.1 Å². The highest BCUT2D eigenvalue weighted by Gasteiger charge is 2.35. The minimum absolute atomic E-state index is 0.366. The normalized spacial score (nSPS) is 19.2. The number of benzene rings is 2. The van der Waals surface area contributed by atoms with Crippen LogP contribution in [0.4, 0.5) is 4.79 Å². The molecule has 29 heavy (non-hydrogen) atoms. The van der Waals surface area contributed by atoms with E-state index in [0.29, 0.717) is 28.4 Å². The molecule has 0 radical (unpaired) electrons. The van der Waals surface area contributed by atoms with Gasteiger partial charge in [-0.2, -0.15) is 0 Å². The van der Waals surface area contributed by atoms with Crippen LogP contribution in [0, 0.1) is 0 Å². The van der Waals surface area contributed by atoms with Gasteiger partial charge in [0.2, 0.25) is 0 Å². The largest absolute Gasteiger partial charge is 0.466 e. The number of urea groups is 1. The van der Waals surface area contributed by atoms with Gasteiger partial charge in [-0.15, -0.1) is 0 Å². The van der Waals surface area contributed by atoms with E-state index in [9.17, 15) is 9.59 Å². The maximum absolute atomic E-state index is 12.7. The first-order valence-electron chi connectivity index (χ1n) is 9.49. The van der Waals surface area contributed by atoms with Crippen molar-refractivity contribution >= 4 is 23.6 Å². The number of halogens is 1. The highest BCUT2D eigenvalue weighted by molar-refractivity contribution is 6.31. The summed E-state index contributed by atoms with van der Waals surface area (Å²) >= 11 is 6.36. The van der Waals surface area contributed by atoms with E-state index in [4.69, 9.17) is 16.3 Å². The second kappa shape index (κ2) is 8.27. The van der Waals surface area contributed by atoms with Crippen LogP contribution in [-0.4, -0.2) is 37.1 Å². The lowest BCUT2D eigenvalue weighted by Gasteiger charge is -2.34. The molecule has 0 unspecified atom stereocenters. The van der Waals surface area contributed by atoms with Gasteiger partial charge in [-0.3, -0.25) is 4.90 Å². The SMILES string of the molecule is COC(=O)C1=C(CN2CCc3ccccc3C2)NC(=O)N[C@@H]1c1ccccc1Cl. The molecule has 2 heterocycles. The maximum atomic E-state index is 12.7. The number of methoxy groups -OCH3 is 1. The Labute approximate surface area is 174 Å². The van der Waals surface area contributed by atoms with E-state index in [1.54, 1.807) is 12.1 Å². The third kappa shape index (κ3) is 3.99. The highest BCUT2D eigenvalue weighted by atomic mass is 35.5. The fraction of sp³-hybridized carbons (Fsp3) is 0.273. The second-order valence-electron chi connectivity index (χ2n) is 7.17. The van der Waals surface area contributed by atoms with Gasteiger partial charge in [0.05, 0.1) is 18.7 Å². The summed E-state index contributed by atoms with van der Waals surface area (Å²) in [7, 11) is 1.34. The molecule has 0 fully saturated rings. The molecule has 2 aromatic rings.